The van der Waals surface area contributed by atoms with Crippen molar-refractivity contribution in [1.82, 2.24) is 14.9 Å². The van der Waals surface area contributed by atoms with Crippen LogP contribution in [-0.2, 0) is 4.74 Å². The summed E-state index contributed by atoms with van der Waals surface area (Å²) in [6, 6.07) is 0.481. The molecule has 0 aliphatic carbocycles. The first kappa shape index (κ1) is 12.3. The zero-order chi connectivity index (χ0) is 13.4. The number of methoxy groups -OCH3 is 1. The van der Waals surface area contributed by atoms with Gasteiger partial charge in [-0.15, -0.1) is 0 Å². The molecule has 6 heteroatoms. The number of aromatic nitrogens is 2. The predicted molar refractivity (Wildman–Crippen MR) is 67.9 cm³/mol. The molecule has 2 bridgehead atoms. The van der Waals surface area contributed by atoms with E-state index >= 15 is 0 Å². The Morgan fingerprint density at radius 3 is 2.63 bits per heavy atom. The Balaban J connectivity index is 1.81. The van der Waals surface area contributed by atoms with Gasteiger partial charge in [0.25, 0.3) is 11.5 Å². The van der Waals surface area contributed by atoms with Crippen molar-refractivity contribution in [2.45, 2.75) is 43.9 Å². The lowest BCUT2D eigenvalue weighted by Crippen LogP contribution is -2.48. The highest BCUT2D eigenvalue weighted by atomic mass is 16.5. The number of ether oxygens (including phenoxy) is 1. The molecule has 3 atom stereocenters. The maximum absolute atomic E-state index is 12.5. The molecule has 19 heavy (non-hydrogen) atoms. The smallest absolute Gasteiger partial charge is 0.274 e. The number of carbonyl (C=O) groups is 1. The van der Waals surface area contributed by atoms with E-state index in [1.165, 1.54) is 6.20 Å². The molecule has 2 fully saturated rings. The van der Waals surface area contributed by atoms with E-state index in [1.807, 2.05) is 4.90 Å². The van der Waals surface area contributed by atoms with Gasteiger partial charge in [-0.25, -0.2) is 4.98 Å². The van der Waals surface area contributed by atoms with Crippen LogP contribution in [0.15, 0.2) is 17.2 Å². The lowest BCUT2D eigenvalue weighted by molar-refractivity contribution is 0.00791. The molecule has 1 N–H and O–H groups in total. The summed E-state index contributed by atoms with van der Waals surface area (Å²) < 4.78 is 5.42. The maximum atomic E-state index is 12.5. The second kappa shape index (κ2) is 4.77. The number of hydrogen-bond donors (Lipinski definition) is 1. The minimum atomic E-state index is -0.294. The third kappa shape index (κ3) is 2.16. The normalized spacial score (nSPS) is 29.5. The summed E-state index contributed by atoms with van der Waals surface area (Å²) in [5.41, 5.74) is 0.0185. The molecule has 3 heterocycles. The molecule has 102 valence electrons. The Morgan fingerprint density at radius 2 is 2.11 bits per heavy atom. The first-order chi connectivity index (χ1) is 9.19. The number of fused-ring (bicyclic) bond motifs is 2. The molecule has 0 saturated carbocycles. The molecule has 6 nitrogen and oxygen atoms in total. The molecule has 1 amide bonds. The molecule has 2 aliphatic heterocycles. The number of hydrogen-bond acceptors (Lipinski definition) is 4. The summed E-state index contributed by atoms with van der Waals surface area (Å²) in [5, 5.41) is 0. The van der Waals surface area contributed by atoms with Crippen molar-refractivity contribution in [3.05, 3.63) is 28.4 Å². The van der Waals surface area contributed by atoms with Gasteiger partial charge in [0.05, 0.1) is 12.3 Å². The number of aromatic amines is 1. The van der Waals surface area contributed by atoms with Crippen LogP contribution < -0.4 is 5.56 Å². The summed E-state index contributed by atoms with van der Waals surface area (Å²) >= 11 is 0. The molecule has 0 radical (unpaired) electrons. The van der Waals surface area contributed by atoms with Gasteiger partial charge in [0, 0.05) is 25.4 Å². The van der Waals surface area contributed by atoms with Gasteiger partial charge >= 0.3 is 0 Å². The first-order valence-electron chi connectivity index (χ1n) is 6.59. The van der Waals surface area contributed by atoms with E-state index in [4.69, 9.17) is 4.74 Å². The molecule has 0 spiro atoms. The second-order valence-corrected chi connectivity index (χ2v) is 5.22. The van der Waals surface area contributed by atoms with Crippen LogP contribution in [0, 0.1) is 0 Å². The number of H-pyrrole nitrogens is 1. The number of amides is 1. The number of nitrogens with one attached hydrogen (secondary N) is 1. The van der Waals surface area contributed by atoms with Crippen molar-refractivity contribution in [2.75, 3.05) is 7.11 Å². The van der Waals surface area contributed by atoms with Gasteiger partial charge in [-0.3, -0.25) is 9.59 Å². The molecule has 1 aromatic heterocycles. The van der Waals surface area contributed by atoms with Gasteiger partial charge in [0.15, 0.2) is 0 Å². The molecular weight excluding hydrogens is 246 g/mol. The Hall–Kier alpha value is -1.69. The van der Waals surface area contributed by atoms with Crippen molar-refractivity contribution in [1.29, 1.82) is 0 Å². The third-order valence-electron chi connectivity index (χ3n) is 4.15. The Morgan fingerprint density at radius 1 is 1.42 bits per heavy atom. The fourth-order valence-electron chi connectivity index (χ4n) is 3.24. The molecule has 2 saturated heterocycles. The van der Waals surface area contributed by atoms with Crippen LogP contribution in [0.1, 0.15) is 36.2 Å². The fourth-order valence-corrected chi connectivity index (χ4v) is 3.24. The van der Waals surface area contributed by atoms with Crippen LogP contribution in [0.25, 0.3) is 0 Å². The number of carbonyl (C=O) groups excluding carboxylic acids is 1. The van der Waals surface area contributed by atoms with E-state index in [-0.39, 0.29) is 29.7 Å². The van der Waals surface area contributed by atoms with Gasteiger partial charge in [0.1, 0.15) is 5.69 Å². The van der Waals surface area contributed by atoms with Crippen LogP contribution in [0.3, 0.4) is 0 Å². The minimum absolute atomic E-state index is 0.0849. The van der Waals surface area contributed by atoms with E-state index < -0.39 is 0 Å². The van der Waals surface area contributed by atoms with E-state index in [0.717, 1.165) is 31.9 Å². The highest BCUT2D eigenvalue weighted by molar-refractivity contribution is 5.92. The Labute approximate surface area is 110 Å². The number of rotatable bonds is 2. The molecule has 1 aromatic rings. The monoisotopic (exact) mass is 263 g/mol. The average Bonchev–Trinajstić information content (AvgIpc) is 2.69. The zero-order valence-electron chi connectivity index (χ0n) is 10.8. The summed E-state index contributed by atoms with van der Waals surface area (Å²) in [6.07, 6.45) is 6.64. The molecule has 0 aromatic carbocycles. The van der Waals surface area contributed by atoms with Crippen LogP contribution >= 0.6 is 0 Å². The van der Waals surface area contributed by atoms with Crippen molar-refractivity contribution in [2.24, 2.45) is 0 Å². The van der Waals surface area contributed by atoms with Gasteiger partial charge < -0.3 is 14.6 Å². The van der Waals surface area contributed by atoms with Crippen LogP contribution in [-0.4, -0.2) is 46.1 Å². The van der Waals surface area contributed by atoms with Gasteiger partial charge in [-0.1, -0.05) is 0 Å². The fraction of sp³-hybridized carbons (Fsp3) is 0.615. The molecular formula is C13H17N3O3. The van der Waals surface area contributed by atoms with Crippen LogP contribution in [0.4, 0.5) is 0 Å². The molecule has 3 rings (SSSR count). The van der Waals surface area contributed by atoms with Crippen LogP contribution in [0.5, 0.6) is 0 Å². The van der Waals surface area contributed by atoms with E-state index in [9.17, 15) is 9.59 Å². The van der Waals surface area contributed by atoms with E-state index in [2.05, 4.69) is 9.97 Å². The zero-order valence-corrected chi connectivity index (χ0v) is 10.8. The first-order valence-corrected chi connectivity index (χ1v) is 6.59. The number of piperidine rings is 1. The molecule has 1 unspecified atom stereocenters. The Bertz CT molecular complexity index is 508. The third-order valence-corrected chi connectivity index (χ3v) is 4.15. The van der Waals surface area contributed by atoms with Crippen molar-refractivity contribution >= 4 is 5.91 Å². The standard InChI is InChI=1S/C13H17N3O3/c1-19-10-4-8-2-3-9(5-10)16(8)13(18)11-6-15-12(17)7-14-11/h6-10H,2-5H2,1H3,(H,15,17)/t8-,9+,10?. The highest BCUT2D eigenvalue weighted by Crippen LogP contribution is 2.37. The lowest BCUT2D eigenvalue weighted by atomic mass is 9.99. The summed E-state index contributed by atoms with van der Waals surface area (Å²) in [6.45, 7) is 0. The average molecular weight is 263 g/mol. The Kier molecular flexibility index (Phi) is 3.10. The van der Waals surface area contributed by atoms with Crippen molar-refractivity contribution in [3.63, 3.8) is 0 Å². The highest BCUT2D eigenvalue weighted by Gasteiger charge is 2.43. The quantitative estimate of drug-likeness (QED) is 0.845. The van der Waals surface area contributed by atoms with E-state index in [1.54, 1.807) is 7.11 Å². The summed E-state index contributed by atoms with van der Waals surface area (Å²) in [7, 11) is 1.73. The largest absolute Gasteiger partial charge is 0.381 e. The van der Waals surface area contributed by atoms with Gasteiger partial charge in [-0.2, -0.15) is 0 Å². The maximum Gasteiger partial charge on any atom is 0.274 e. The SMILES string of the molecule is COC1C[C@H]2CC[C@@H](C1)N2C(=O)c1c[nH]c(=O)cn1. The summed E-state index contributed by atoms with van der Waals surface area (Å²) in [4.78, 5) is 31.8. The predicted octanol–water partition coefficient (Wildman–Crippen LogP) is 0.552. The second-order valence-electron chi connectivity index (χ2n) is 5.22. The molecule has 2 aliphatic rings. The van der Waals surface area contributed by atoms with Crippen molar-refractivity contribution in [3.8, 4) is 0 Å². The van der Waals surface area contributed by atoms with Gasteiger partial charge in [-0.05, 0) is 25.7 Å². The number of nitrogens with zero attached hydrogens (tertiary/aromatic N) is 2. The van der Waals surface area contributed by atoms with Gasteiger partial charge in [0.2, 0.25) is 0 Å². The lowest BCUT2D eigenvalue weighted by Gasteiger charge is -2.38. The van der Waals surface area contributed by atoms with E-state index in [0.29, 0.717) is 5.69 Å². The van der Waals surface area contributed by atoms with Crippen LogP contribution in [0.2, 0.25) is 0 Å². The minimum Gasteiger partial charge on any atom is -0.381 e. The topological polar surface area (TPSA) is 75.3 Å². The van der Waals surface area contributed by atoms with Crippen molar-refractivity contribution < 1.29 is 9.53 Å². The summed E-state index contributed by atoms with van der Waals surface area (Å²) in [5.74, 6) is -0.0849.